The molecular weight excluding hydrogens is 413 g/mol. The number of hydrogen-bond acceptors (Lipinski definition) is 2. The van der Waals surface area contributed by atoms with E-state index in [4.69, 9.17) is 0 Å². The highest BCUT2D eigenvalue weighted by molar-refractivity contribution is 14.1. The number of piperidine rings is 1. The molecule has 1 aliphatic carbocycles. The average molecular weight is 435 g/mol. The van der Waals surface area contributed by atoms with Gasteiger partial charge in [-0.25, -0.2) is 4.98 Å². The number of rotatable bonds is 4. The van der Waals surface area contributed by atoms with Crippen LogP contribution in [0, 0.1) is 15.4 Å². The molecule has 2 heterocycles. The van der Waals surface area contributed by atoms with Crippen LogP contribution in [0.15, 0.2) is 30.5 Å². The van der Waals surface area contributed by atoms with Gasteiger partial charge in [-0.1, -0.05) is 26.0 Å². The summed E-state index contributed by atoms with van der Waals surface area (Å²) in [5.41, 5.74) is 2.16. The Kier molecular flexibility index (Phi) is 4.14. The van der Waals surface area contributed by atoms with Crippen LogP contribution < -0.4 is 0 Å². The molecular formula is C19H22IN3O. The number of fused-ring (bicyclic) bond motifs is 1. The first-order valence-electron chi connectivity index (χ1n) is 8.65. The Morgan fingerprint density at radius 2 is 2.08 bits per heavy atom. The van der Waals surface area contributed by atoms with Crippen LogP contribution in [0.3, 0.4) is 0 Å². The number of benzene rings is 1. The first kappa shape index (κ1) is 16.1. The largest absolute Gasteiger partial charge is 0.340 e. The molecule has 4 nitrogen and oxygen atoms in total. The smallest absolute Gasteiger partial charge is 0.223 e. The second-order valence-corrected chi connectivity index (χ2v) is 8.65. The summed E-state index contributed by atoms with van der Waals surface area (Å²) in [6, 6.07) is 8.98. The van der Waals surface area contributed by atoms with Gasteiger partial charge in [0.15, 0.2) is 0 Å². The lowest BCUT2D eigenvalue weighted by molar-refractivity contribution is -0.134. The summed E-state index contributed by atoms with van der Waals surface area (Å²) in [7, 11) is 0. The van der Waals surface area contributed by atoms with E-state index in [1.807, 2.05) is 6.20 Å². The first-order valence-corrected chi connectivity index (χ1v) is 9.73. The molecule has 2 aliphatic rings. The van der Waals surface area contributed by atoms with E-state index in [0.29, 0.717) is 24.3 Å². The molecule has 126 valence electrons. The van der Waals surface area contributed by atoms with Gasteiger partial charge in [-0.05, 0) is 65.0 Å². The van der Waals surface area contributed by atoms with Crippen molar-refractivity contribution in [2.75, 3.05) is 0 Å². The lowest BCUT2D eigenvalue weighted by Crippen LogP contribution is -2.34. The van der Waals surface area contributed by atoms with Crippen molar-refractivity contribution in [3.8, 4) is 11.3 Å². The maximum absolute atomic E-state index is 12.7. The molecule has 0 radical (unpaired) electrons. The van der Waals surface area contributed by atoms with Crippen LogP contribution >= 0.6 is 22.6 Å². The monoisotopic (exact) mass is 435 g/mol. The topological polar surface area (TPSA) is 49.0 Å². The summed E-state index contributed by atoms with van der Waals surface area (Å²) >= 11 is 2.31. The number of hydrogen-bond donors (Lipinski definition) is 1. The van der Waals surface area contributed by atoms with Crippen molar-refractivity contribution in [3.63, 3.8) is 0 Å². The third kappa shape index (κ3) is 2.98. The second-order valence-electron chi connectivity index (χ2n) is 7.40. The molecule has 24 heavy (non-hydrogen) atoms. The molecule has 1 amide bonds. The minimum atomic E-state index is 0.123. The summed E-state index contributed by atoms with van der Waals surface area (Å²) in [6.07, 6.45) is 4.75. The maximum atomic E-state index is 12.7. The zero-order valence-electron chi connectivity index (χ0n) is 14.0. The highest BCUT2D eigenvalue weighted by Crippen LogP contribution is 2.53. The summed E-state index contributed by atoms with van der Waals surface area (Å²) in [5, 5.41) is 0. The Morgan fingerprint density at radius 3 is 2.79 bits per heavy atom. The number of imidazole rings is 1. The molecule has 2 fully saturated rings. The molecule has 2 aromatic rings. The average Bonchev–Trinajstić information content (AvgIpc) is 2.98. The van der Waals surface area contributed by atoms with Crippen LogP contribution in [0.5, 0.6) is 0 Å². The molecule has 1 saturated heterocycles. The van der Waals surface area contributed by atoms with Crippen molar-refractivity contribution in [1.29, 1.82) is 0 Å². The van der Waals surface area contributed by atoms with Crippen molar-refractivity contribution in [2.24, 2.45) is 11.8 Å². The normalized spacial score (nSPS) is 25.2. The van der Waals surface area contributed by atoms with E-state index in [0.717, 1.165) is 23.5 Å². The standard InChI is InChI=1S/C19H22IN3O/c1-11(2)7-18(24)23-16-8-13(16)9-17(23)19-21-10-15(22-19)12-3-5-14(20)6-4-12/h3-6,10-11,13,16-17H,7-9H2,1-2H3,(H,21,22)/t13-,16-,17+/m1/s1. The Labute approximate surface area is 156 Å². The number of likely N-dealkylation sites (tertiary alicyclic amines) is 1. The zero-order valence-corrected chi connectivity index (χ0v) is 16.2. The first-order chi connectivity index (χ1) is 11.5. The fraction of sp³-hybridized carbons (Fsp3) is 0.474. The van der Waals surface area contributed by atoms with Gasteiger partial charge >= 0.3 is 0 Å². The Bertz CT molecular complexity index is 752. The number of amides is 1. The zero-order chi connectivity index (χ0) is 16.8. The molecule has 0 bridgehead atoms. The number of halogens is 1. The SMILES string of the molecule is CC(C)CC(=O)N1[C@@H]2C[C@@H]2C[C@H]1c1ncc(-c2ccc(I)cc2)[nH]1. The summed E-state index contributed by atoms with van der Waals surface area (Å²) in [5.74, 6) is 2.30. The Balaban J connectivity index is 1.57. The van der Waals surface area contributed by atoms with Gasteiger partial charge in [-0.3, -0.25) is 4.79 Å². The Morgan fingerprint density at radius 1 is 1.33 bits per heavy atom. The second kappa shape index (κ2) is 6.17. The van der Waals surface area contributed by atoms with E-state index in [1.165, 1.54) is 9.99 Å². The lowest BCUT2D eigenvalue weighted by atomic mass is 10.1. The number of aromatic amines is 1. The van der Waals surface area contributed by atoms with Crippen LogP contribution in [0.2, 0.25) is 0 Å². The molecule has 1 aromatic heterocycles. The summed E-state index contributed by atoms with van der Waals surface area (Å²) in [6.45, 7) is 4.21. The van der Waals surface area contributed by atoms with Gasteiger partial charge in [0.2, 0.25) is 5.91 Å². The van der Waals surface area contributed by atoms with Crippen LogP contribution in [0.1, 0.15) is 45.0 Å². The third-order valence-electron chi connectivity index (χ3n) is 5.04. The summed E-state index contributed by atoms with van der Waals surface area (Å²) in [4.78, 5) is 22.9. The number of nitrogens with one attached hydrogen (secondary N) is 1. The summed E-state index contributed by atoms with van der Waals surface area (Å²) < 4.78 is 1.22. The van der Waals surface area contributed by atoms with Crippen molar-refractivity contribution in [3.05, 3.63) is 39.9 Å². The van der Waals surface area contributed by atoms with E-state index in [9.17, 15) is 4.79 Å². The quantitative estimate of drug-likeness (QED) is 0.725. The van der Waals surface area contributed by atoms with Crippen LogP contribution in [0.4, 0.5) is 0 Å². The van der Waals surface area contributed by atoms with Crippen LogP contribution in [-0.2, 0) is 4.79 Å². The molecule has 0 unspecified atom stereocenters. The van der Waals surface area contributed by atoms with E-state index in [2.05, 4.69) is 75.6 Å². The predicted molar refractivity (Wildman–Crippen MR) is 102 cm³/mol. The van der Waals surface area contributed by atoms with E-state index in [-0.39, 0.29) is 11.9 Å². The molecule has 5 heteroatoms. The van der Waals surface area contributed by atoms with Gasteiger partial charge in [0.05, 0.1) is 17.9 Å². The van der Waals surface area contributed by atoms with Crippen LogP contribution in [0.25, 0.3) is 11.3 Å². The van der Waals surface area contributed by atoms with E-state index < -0.39 is 0 Å². The maximum Gasteiger partial charge on any atom is 0.223 e. The van der Waals surface area contributed by atoms with Gasteiger partial charge in [-0.2, -0.15) is 0 Å². The van der Waals surface area contributed by atoms with Crippen molar-refractivity contribution >= 4 is 28.5 Å². The number of nitrogens with zero attached hydrogens (tertiary/aromatic N) is 2. The van der Waals surface area contributed by atoms with Crippen LogP contribution in [-0.4, -0.2) is 26.8 Å². The molecule has 1 N–H and O–H groups in total. The van der Waals surface area contributed by atoms with Gasteiger partial charge in [0, 0.05) is 16.0 Å². The van der Waals surface area contributed by atoms with Crippen molar-refractivity contribution in [2.45, 2.75) is 45.2 Å². The van der Waals surface area contributed by atoms with E-state index in [1.54, 1.807) is 0 Å². The molecule has 0 spiro atoms. The van der Waals surface area contributed by atoms with Gasteiger partial charge in [0.1, 0.15) is 5.82 Å². The van der Waals surface area contributed by atoms with E-state index >= 15 is 0 Å². The molecule has 1 aromatic carbocycles. The van der Waals surface area contributed by atoms with Crippen molar-refractivity contribution in [1.82, 2.24) is 14.9 Å². The van der Waals surface area contributed by atoms with Gasteiger partial charge < -0.3 is 9.88 Å². The number of H-pyrrole nitrogens is 1. The fourth-order valence-corrected chi connectivity index (χ4v) is 4.16. The number of aromatic nitrogens is 2. The molecule has 1 saturated carbocycles. The highest BCUT2D eigenvalue weighted by atomic mass is 127. The fourth-order valence-electron chi connectivity index (χ4n) is 3.80. The minimum absolute atomic E-state index is 0.123. The molecule has 1 aliphatic heterocycles. The van der Waals surface area contributed by atoms with Crippen molar-refractivity contribution < 1.29 is 4.79 Å². The lowest BCUT2D eigenvalue weighted by Gasteiger charge is -2.27. The van der Waals surface area contributed by atoms with Gasteiger partial charge in [0.25, 0.3) is 0 Å². The Hall–Kier alpha value is -1.37. The molecule has 4 rings (SSSR count). The number of carbonyl (C=O) groups excluding carboxylic acids is 1. The molecule has 3 atom stereocenters. The van der Waals surface area contributed by atoms with Gasteiger partial charge in [-0.15, -0.1) is 0 Å². The minimum Gasteiger partial charge on any atom is -0.340 e. The number of carbonyl (C=O) groups is 1. The predicted octanol–water partition coefficient (Wildman–Crippen LogP) is 4.39. The third-order valence-corrected chi connectivity index (χ3v) is 5.76. The highest BCUT2D eigenvalue weighted by Gasteiger charge is 2.54.